The minimum absolute atomic E-state index is 0.0294. The van der Waals surface area contributed by atoms with Crippen molar-refractivity contribution in [3.8, 4) is 0 Å². The van der Waals surface area contributed by atoms with Crippen molar-refractivity contribution in [2.24, 2.45) is 0 Å². The molecule has 0 spiro atoms. The van der Waals surface area contributed by atoms with Crippen molar-refractivity contribution in [1.29, 1.82) is 0 Å². The summed E-state index contributed by atoms with van der Waals surface area (Å²) in [5.74, 6) is 0.402. The lowest BCUT2D eigenvalue weighted by Gasteiger charge is -1.95. The van der Waals surface area contributed by atoms with Crippen LogP contribution in [0, 0.1) is 6.92 Å². The lowest BCUT2D eigenvalue weighted by atomic mass is 10.1. The van der Waals surface area contributed by atoms with E-state index in [4.69, 9.17) is 4.42 Å². The summed E-state index contributed by atoms with van der Waals surface area (Å²) in [6.07, 6.45) is 5.62. The average Bonchev–Trinajstić information content (AvgIpc) is 2.92. The number of nitrogens with zero attached hydrogens (tertiary/aromatic N) is 2. The van der Waals surface area contributed by atoms with Gasteiger partial charge in [0.1, 0.15) is 0 Å². The summed E-state index contributed by atoms with van der Waals surface area (Å²) in [6.45, 7) is 1.86. The number of aryl methyl sites for hydroxylation is 1. The standard InChI is InChI=1S/C12H10N2O2S/c1-8-2-4-16-11(8)10(15)6-9-7-14-3-5-17-12(14)13-9/h2-5,7H,6H2,1H3. The van der Waals surface area contributed by atoms with Crippen molar-refractivity contribution in [2.45, 2.75) is 13.3 Å². The average molecular weight is 246 g/mol. The molecular formula is C12H10N2O2S. The first-order valence-electron chi connectivity index (χ1n) is 5.22. The van der Waals surface area contributed by atoms with E-state index in [-0.39, 0.29) is 12.2 Å². The molecule has 86 valence electrons. The van der Waals surface area contributed by atoms with Crippen LogP contribution in [0.1, 0.15) is 21.8 Å². The monoisotopic (exact) mass is 246 g/mol. The fourth-order valence-electron chi connectivity index (χ4n) is 1.76. The molecule has 3 aromatic rings. The maximum Gasteiger partial charge on any atom is 0.204 e. The van der Waals surface area contributed by atoms with Crippen LogP contribution in [0.15, 0.2) is 34.5 Å². The second-order valence-corrected chi connectivity index (χ2v) is 4.73. The van der Waals surface area contributed by atoms with Crippen LogP contribution in [-0.2, 0) is 6.42 Å². The van der Waals surface area contributed by atoms with Gasteiger partial charge in [-0.15, -0.1) is 11.3 Å². The van der Waals surface area contributed by atoms with Crippen LogP contribution in [0.4, 0.5) is 0 Å². The fourth-order valence-corrected chi connectivity index (χ4v) is 2.48. The number of aromatic nitrogens is 2. The maximum absolute atomic E-state index is 12.0. The van der Waals surface area contributed by atoms with Crippen LogP contribution in [-0.4, -0.2) is 15.2 Å². The van der Waals surface area contributed by atoms with Gasteiger partial charge in [0.15, 0.2) is 10.7 Å². The van der Waals surface area contributed by atoms with E-state index in [1.165, 1.54) is 6.26 Å². The first-order valence-corrected chi connectivity index (χ1v) is 6.10. The highest BCUT2D eigenvalue weighted by atomic mass is 32.1. The van der Waals surface area contributed by atoms with Crippen LogP contribution in [0.25, 0.3) is 4.96 Å². The smallest absolute Gasteiger partial charge is 0.204 e. The van der Waals surface area contributed by atoms with E-state index in [1.807, 2.05) is 29.1 Å². The van der Waals surface area contributed by atoms with Crippen molar-refractivity contribution >= 4 is 22.1 Å². The molecule has 17 heavy (non-hydrogen) atoms. The summed E-state index contributed by atoms with van der Waals surface area (Å²) in [5.41, 5.74) is 1.65. The number of rotatable bonds is 3. The van der Waals surface area contributed by atoms with E-state index in [0.717, 1.165) is 16.2 Å². The topological polar surface area (TPSA) is 47.5 Å². The number of imidazole rings is 1. The predicted molar refractivity (Wildman–Crippen MR) is 64.5 cm³/mol. The third-order valence-corrected chi connectivity index (χ3v) is 3.37. The Morgan fingerprint density at radius 1 is 1.59 bits per heavy atom. The largest absolute Gasteiger partial charge is 0.461 e. The van der Waals surface area contributed by atoms with Gasteiger partial charge in [0.05, 0.1) is 18.4 Å². The van der Waals surface area contributed by atoms with Crippen LogP contribution >= 0.6 is 11.3 Å². The SMILES string of the molecule is Cc1ccoc1C(=O)Cc1cn2ccsc2n1. The number of ketones is 1. The molecule has 0 radical (unpaired) electrons. The van der Waals surface area contributed by atoms with Crippen LogP contribution < -0.4 is 0 Å². The Kier molecular flexibility index (Phi) is 2.33. The zero-order valence-corrected chi connectivity index (χ0v) is 10.0. The highest BCUT2D eigenvalue weighted by Gasteiger charge is 2.15. The number of fused-ring (bicyclic) bond motifs is 1. The Morgan fingerprint density at radius 2 is 2.47 bits per heavy atom. The third kappa shape index (κ3) is 1.78. The van der Waals surface area contributed by atoms with E-state index in [9.17, 15) is 4.79 Å². The van der Waals surface area contributed by atoms with Gasteiger partial charge in [0.25, 0.3) is 0 Å². The molecule has 5 heteroatoms. The minimum Gasteiger partial charge on any atom is -0.461 e. The Labute approximate surface area is 102 Å². The van der Waals surface area contributed by atoms with E-state index in [0.29, 0.717) is 5.76 Å². The van der Waals surface area contributed by atoms with Crippen molar-refractivity contribution in [3.63, 3.8) is 0 Å². The highest BCUT2D eigenvalue weighted by Crippen LogP contribution is 2.15. The van der Waals surface area contributed by atoms with Gasteiger partial charge in [0.2, 0.25) is 5.78 Å². The fraction of sp³-hybridized carbons (Fsp3) is 0.167. The summed E-state index contributed by atoms with van der Waals surface area (Å²) in [5, 5.41) is 1.96. The van der Waals surface area contributed by atoms with Crippen molar-refractivity contribution < 1.29 is 9.21 Å². The number of hydrogen-bond acceptors (Lipinski definition) is 4. The van der Waals surface area contributed by atoms with Crippen molar-refractivity contribution in [2.75, 3.05) is 0 Å². The number of Topliss-reactive ketones (excluding diaryl/α,β-unsaturated/α-hetero) is 1. The predicted octanol–water partition coefficient (Wildman–Crippen LogP) is 2.72. The summed E-state index contributed by atoms with van der Waals surface area (Å²) in [4.78, 5) is 17.2. The molecule has 0 aliphatic rings. The Bertz CT molecular complexity index is 649. The van der Waals surface area contributed by atoms with Gasteiger partial charge < -0.3 is 4.42 Å². The number of hydrogen-bond donors (Lipinski definition) is 0. The molecule has 0 saturated carbocycles. The van der Waals surface area contributed by atoms with Gasteiger partial charge in [-0.05, 0) is 18.6 Å². The molecular weight excluding hydrogens is 236 g/mol. The summed E-state index contributed by atoms with van der Waals surface area (Å²) < 4.78 is 7.09. The molecule has 0 aromatic carbocycles. The first-order chi connectivity index (χ1) is 8.24. The zero-order valence-electron chi connectivity index (χ0n) is 9.21. The zero-order chi connectivity index (χ0) is 11.8. The lowest BCUT2D eigenvalue weighted by Crippen LogP contribution is -2.03. The molecule has 4 nitrogen and oxygen atoms in total. The molecule has 3 heterocycles. The molecule has 3 rings (SSSR count). The number of carbonyl (C=O) groups excluding carboxylic acids is 1. The van der Waals surface area contributed by atoms with E-state index < -0.39 is 0 Å². The van der Waals surface area contributed by atoms with Gasteiger partial charge in [0, 0.05) is 17.8 Å². The number of furan rings is 1. The second kappa shape index (κ2) is 3.85. The molecule has 0 bridgehead atoms. The first kappa shape index (κ1) is 10.3. The van der Waals surface area contributed by atoms with Gasteiger partial charge >= 0.3 is 0 Å². The Morgan fingerprint density at radius 3 is 3.18 bits per heavy atom. The highest BCUT2D eigenvalue weighted by molar-refractivity contribution is 7.15. The molecule has 0 aliphatic carbocycles. The molecule has 0 amide bonds. The maximum atomic E-state index is 12.0. The van der Waals surface area contributed by atoms with E-state index in [1.54, 1.807) is 17.4 Å². The second-order valence-electron chi connectivity index (χ2n) is 3.86. The Balaban J connectivity index is 1.86. The lowest BCUT2D eigenvalue weighted by molar-refractivity contribution is 0.0964. The van der Waals surface area contributed by atoms with Crippen LogP contribution in [0.5, 0.6) is 0 Å². The molecule has 3 aromatic heterocycles. The normalized spacial score (nSPS) is 11.1. The molecule has 0 unspecified atom stereocenters. The summed E-state index contributed by atoms with van der Waals surface area (Å²) in [6, 6.07) is 1.79. The van der Waals surface area contributed by atoms with Crippen LogP contribution in [0.2, 0.25) is 0 Å². The summed E-state index contributed by atoms with van der Waals surface area (Å²) >= 11 is 1.55. The van der Waals surface area contributed by atoms with Gasteiger partial charge in [-0.25, -0.2) is 4.98 Å². The number of carbonyl (C=O) groups is 1. The van der Waals surface area contributed by atoms with E-state index >= 15 is 0 Å². The van der Waals surface area contributed by atoms with Crippen LogP contribution in [0.3, 0.4) is 0 Å². The quantitative estimate of drug-likeness (QED) is 0.667. The van der Waals surface area contributed by atoms with Gasteiger partial charge in [-0.1, -0.05) is 0 Å². The van der Waals surface area contributed by atoms with Crippen molar-refractivity contribution in [1.82, 2.24) is 9.38 Å². The summed E-state index contributed by atoms with van der Waals surface area (Å²) in [7, 11) is 0. The molecule has 0 saturated heterocycles. The number of thiazole rings is 1. The molecule has 0 aliphatic heterocycles. The third-order valence-electron chi connectivity index (χ3n) is 2.60. The molecule has 0 atom stereocenters. The van der Waals surface area contributed by atoms with E-state index in [2.05, 4.69) is 4.98 Å². The molecule has 0 N–H and O–H groups in total. The Hall–Kier alpha value is -1.88. The minimum atomic E-state index is -0.0294. The van der Waals surface area contributed by atoms with Gasteiger partial charge in [-0.2, -0.15) is 0 Å². The van der Waals surface area contributed by atoms with Crippen molar-refractivity contribution in [3.05, 3.63) is 47.1 Å². The van der Waals surface area contributed by atoms with Gasteiger partial charge in [-0.3, -0.25) is 9.20 Å². The molecule has 0 fully saturated rings.